The number of piperazine rings is 1. The number of halogens is 2. The standard InChI is InChI=1S/C16H25Cl2N3/c1-16(2,21-9-7-20(3)8-10-21)12-19-11-13-5-4-6-14(17)15(13)18/h4-6,19H,7-12H2,1-3H3. The molecule has 1 fully saturated rings. The molecule has 1 aromatic carbocycles. The molecule has 1 aliphatic heterocycles. The van der Waals surface area contributed by atoms with Crippen molar-refractivity contribution in [2.45, 2.75) is 25.9 Å². The fourth-order valence-corrected chi connectivity index (χ4v) is 3.10. The summed E-state index contributed by atoms with van der Waals surface area (Å²) in [5.41, 5.74) is 1.20. The molecule has 3 nitrogen and oxygen atoms in total. The molecule has 118 valence electrons. The van der Waals surface area contributed by atoms with Crippen molar-refractivity contribution in [1.29, 1.82) is 0 Å². The third-order valence-electron chi connectivity index (χ3n) is 4.26. The zero-order chi connectivity index (χ0) is 15.5. The lowest BCUT2D eigenvalue weighted by Gasteiger charge is -2.43. The molecule has 0 saturated carbocycles. The molecule has 2 rings (SSSR count). The molecule has 21 heavy (non-hydrogen) atoms. The smallest absolute Gasteiger partial charge is 0.0637 e. The second-order valence-corrected chi connectivity index (χ2v) is 7.20. The highest BCUT2D eigenvalue weighted by Gasteiger charge is 2.28. The van der Waals surface area contributed by atoms with Gasteiger partial charge in [0.05, 0.1) is 10.0 Å². The van der Waals surface area contributed by atoms with Crippen LogP contribution in [0.1, 0.15) is 19.4 Å². The van der Waals surface area contributed by atoms with Crippen molar-refractivity contribution in [3.05, 3.63) is 33.8 Å². The maximum absolute atomic E-state index is 6.22. The van der Waals surface area contributed by atoms with E-state index in [1.165, 1.54) is 0 Å². The first-order valence-electron chi connectivity index (χ1n) is 7.47. The van der Waals surface area contributed by atoms with Crippen LogP contribution < -0.4 is 5.32 Å². The molecule has 1 N–H and O–H groups in total. The molecule has 5 heteroatoms. The van der Waals surface area contributed by atoms with E-state index in [0.717, 1.165) is 44.8 Å². The van der Waals surface area contributed by atoms with Gasteiger partial charge in [-0.05, 0) is 32.5 Å². The van der Waals surface area contributed by atoms with Gasteiger partial charge in [0.1, 0.15) is 0 Å². The van der Waals surface area contributed by atoms with Crippen LogP contribution in [0, 0.1) is 0 Å². The summed E-state index contributed by atoms with van der Waals surface area (Å²) in [5.74, 6) is 0. The molecule has 0 bridgehead atoms. The van der Waals surface area contributed by atoms with Gasteiger partial charge in [-0.3, -0.25) is 4.90 Å². The Morgan fingerprint density at radius 3 is 2.48 bits per heavy atom. The van der Waals surface area contributed by atoms with E-state index >= 15 is 0 Å². The summed E-state index contributed by atoms with van der Waals surface area (Å²) in [6, 6.07) is 5.78. The molecule has 0 radical (unpaired) electrons. The Morgan fingerprint density at radius 1 is 1.14 bits per heavy atom. The molecule has 0 spiro atoms. The zero-order valence-corrected chi connectivity index (χ0v) is 14.6. The number of nitrogens with one attached hydrogen (secondary N) is 1. The Hall–Kier alpha value is -0.320. The Bertz CT molecular complexity index is 469. The largest absolute Gasteiger partial charge is 0.311 e. The first-order valence-corrected chi connectivity index (χ1v) is 8.23. The van der Waals surface area contributed by atoms with Crippen molar-refractivity contribution >= 4 is 23.2 Å². The van der Waals surface area contributed by atoms with Crippen molar-refractivity contribution in [2.24, 2.45) is 0 Å². The van der Waals surface area contributed by atoms with Gasteiger partial charge in [-0.25, -0.2) is 0 Å². The fraction of sp³-hybridized carbons (Fsp3) is 0.625. The summed E-state index contributed by atoms with van der Waals surface area (Å²) in [7, 11) is 2.18. The van der Waals surface area contributed by atoms with E-state index < -0.39 is 0 Å². The van der Waals surface area contributed by atoms with Crippen LogP contribution in [-0.2, 0) is 6.54 Å². The van der Waals surface area contributed by atoms with Gasteiger partial charge in [-0.15, -0.1) is 0 Å². The maximum Gasteiger partial charge on any atom is 0.0637 e. The van der Waals surface area contributed by atoms with Crippen molar-refractivity contribution < 1.29 is 0 Å². The Morgan fingerprint density at radius 2 is 1.81 bits per heavy atom. The maximum atomic E-state index is 6.22. The molecule has 1 saturated heterocycles. The topological polar surface area (TPSA) is 18.5 Å². The predicted octanol–water partition coefficient (Wildman–Crippen LogP) is 3.11. The summed E-state index contributed by atoms with van der Waals surface area (Å²) in [5, 5.41) is 4.80. The number of hydrogen-bond donors (Lipinski definition) is 1. The number of rotatable bonds is 5. The van der Waals surface area contributed by atoms with Crippen molar-refractivity contribution in [2.75, 3.05) is 39.8 Å². The fourth-order valence-electron chi connectivity index (χ4n) is 2.71. The van der Waals surface area contributed by atoms with Crippen LogP contribution in [0.3, 0.4) is 0 Å². The van der Waals surface area contributed by atoms with E-state index in [2.05, 4.69) is 36.0 Å². The Labute approximate surface area is 138 Å². The number of likely N-dealkylation sites (N-methyl/N-ethyl adjacent to an activating group) is 1. The van der Waals surface area contributed by atoms with Gasteiger partial charge in [0.25, 0.3) is 0 Å². The number of nitrogens with zero attached hydrogens (tertiary/aromatic N) is 2. The lowest BCUT2D eigenvalue weighted by molar-refractivity contribution is 0.0618. The molecule has 0 unspecified atom stereocenters. The van der Waals surface area contributed by atoms with Crippen molar-refractivity contribution in [3.63, 3.8) is 0 Å². The predicted molar refractivity (Wildman–Crippen MR) is 91.3 cm³/mol. The molecule has 0 atom stereocenters. The molecular weight excluding hydrogens is 305 g/mol. The van der Waals surface area contributed by atoms with E-state index in [-0.39, 0.29) is 5.54 Å². The normalized spacial score (nSPS) is 18.1. The molecule has 0 aromatic heterocycles. The van der Waals surface area contributed by atoms with Crippen LogP contribution in [0.2, 0.25) is 10.0 Å². The molecule has 0 amide bonds. The molecular formula is C16H25Cl2N3. The lowest BCUT2D eigenvalue weighted by atomic mass is 10.0. The summed E-state index contributed by atoms with van der Waals surface area (Å²) < 4.78 is 0. The van der Waals surface area contributed by atoms with Gasteiger partial charge in [-0.1, -0.05) is 35.3 Å². The van der Waals surface area contributed by atoms with Crippen LogP contribution in [0.15, 0.2) is 18.2 Å². The highest BCUT2D eigenvalue weighted by molar-refractivity contribution is 6.42. The Balaban J connectivity index is 1.85. The SMILES string of the molecule is CN1CCN(C(C)(C)CNCc2cccc(Cl)c2Cl)CC1. The second-order valence-electron chi connectivity index (χ2n) is 6.42. The van der Waals surface area contributed by atoms with E-state index in [1.54, 1.807) is 0 Å². The van der Waals surface area contributed by atoms with Crippen LogP contribution in [-0.4, -0.2) is 55.1 Å². The molecule has 1 aliphatic rings. The molecule has 1 aromatic rings. The molecule has 0 aliphatic carbocycles. The average Bonchev–Trinajstić information content (AvgIpc) is 2.44. The second kappa shape index (κ2) is 7.30. The van der Waals surface area contributed by atoms with Gasteiger partial charge in [0, 0.05) is 44.8 Å². The van der Waals surface area contributed by atoms with E-state index in [0.29, 0.717) is 10.0 Å². The van der Waals surface area contributed by atoms with Crippen LogP contribution in [0.4, 0.5) is 0 Å². The quantitative estimate of drug-likeness (QED) is 0.895. The zero-order valence-electron chi connectivity index (χ0n) is 13.1. The van der Waals surface area contributed by atoms with Gasteiger partial charge >= 0.3 is 0 Å². The summed E-state index contributed by atoms with van der Waals surface area (Å²) in [4.78, 5) is 4.94. The van der Waals surface area contributed by atoms with Gasteiger partial charge < -0.3 is 10.2 Å². The average molecular weight is 330 g/mol. The number of benzene rings is 1. The third kappa shape index (κ3) is 4.57. The van der Waals surface area contributed by atoms with E-state index in [9.17, 15) is 0 Å². The van der Waals surface area contributed by atoms with Crippen LogP contribution >= 0.6 is 23.2 Å². The third-order valence-corrected chi connectivity index (χ3v) is 5.12. The van der Waals surface area contributed by atoms with Gasteiger partial charge in [0.2, 0.25) is 0 Å². The minimum Gasteiger partial charge on any atom is -0.311 e. The minimum atomic E-state index is 0.145. The molecule has 1 heterocycles. The summed E-state index contributed by atoms with van der Waals surface area (Å²) in [6.07, 6.45) is 0. The summed E-state index contributed by atoms with van der Waals surface area (Å²) in [6.45, 7) is 10.8. The first kappa shape index (κ1) is 17.0. The van der Waals surface area contributed by atoms with Crippen molar-refractivity contribution in [3.8, 4) is 0 Å². The van der Waals surface area contributed by atoms with Gasteiger partial charge in [-0.2, -0.15) is 0 Å². The number of hydrogen-bond acceptors (Lipinski definition) is 3. The van der Waals surface area contributed by atoms with Crippen LogP contribution in [0.5, 0.6) is 0 Å². The first-order chi connectivity index (χ1) is 9.90. The summed E-state index contributed by atoms with van der Waals surface area (Å²) >= 11 is 12.3. The highest BCUT2D eigenvalue weighted by atomic mass is 35.5. The van der Waals surface area contributed by atoms with E-state index in [1.807, 2.05) is 18.2 Å². The minimum absolute atomic E-state index is 0.145. The van der Waals surface area contributed by atoms with Gasteiger partial charge in [0.15, 0.2) is 0 Å². The van der Waals surface area contributed by atoms with E-state index in [4.69, 9.17) is 23.2 Å². The lowest BCUT2D eigenvalue weighted by Crippen LogP contribution is -2.57. The highest BCUT2D eigenvalue weighted by Crippen LogP contribution is 2.25. The van der Waals surface area contributed by atoms with Crippen LogP contribution in [0.25, 0.3) is 0 Å². The Kier molecular flexibility index (Phi) is 5.92. The monoisotopic (exact) mass is 329 g/mol. The van der Waals surface area contributed by atoms with Crippen molar-refractivity contribution in [1.82, 2.24) is 15.1 Å².